The number of alkyl halides is 3. The van der Waals surface area contributed by atoms with Crippen LogP contribution in [0.2, 0.25) is 0 Å². The van der Waals surface area contributed by atoms with E-state index in [-0.39, 0.29) is 5.69 Å². The second-order valence-corrected chi connectivity index (χ2v) is 4.35. The van der Waals surface area contributed by atoms with Crippen molar-refractivity contribution >= 4 is 10.0 Å². The molecule has 1 heterocycles. The van der Waals surface area contributed by atoms with Crippen LogP contribution in [0.5, 0.6) is 0 Å². The zero-order valence-corrected chi connectivity index (χ0v) is 8.35. The van der Waals surface area contributed by atoms with E-state index in [1.54, 1.807) is 0 Å². The first kappa shape index (κ1) is 11.9. The summed E-state index contributed by atoms with van der Waals surface area (Å²) in [6.45, 7) is 1.15. The smallest absolute Gasteiger partial charge is 0.247 e. The van der Waals surface area contributed by atoms with Crippen LogP contribution in [0.1, 0.15) is 11.4 Å². The summed E-state index contributed by atoms with van der Waals surface area (Å²) in [4.78, 5) is 2.72. The maximum Gasteiger partial charge on any atom is 0.433 e. The van der Waals surface area contributed by atoms with E-state index in [0.717, 1.165) is 13.0 Å². The first-order valence-electron chi connectivity index (χ1n) is 3.70. The lowest BCUT2D eigenvalue weighted by Crippen LogP contribution is -2.16. The molecule has 0 fully saturated rings. The summed E-state index contributed by atoms with van der Waals surface area (Å²) in [5, 5.41) is 4.77. The third-order valence-electron chi connectivity index (χ3n) is 1.63. The van der Waals surface area contributed by atoms with E-state index in [1.165, 1.54) is 0 Å². The molecule has 0 saturated heterocycles. The lowest BCUT2D eigenvalue weighted by atomic mass is 10.3. The van der Waals surface area contributed by atoms with Gasteiger partial charge in [0, 0.05) is 0 Å². The molecular formula is C7H7F3N2O2S. The average Bonchev–Trinajstić information content (AvgIpc) is 1.99. The molecule has 0 aliphatic carbocycles. The second-order valence-electron chi connectivity index (χ2n) is 2.82. The largest absolute Gasteiger partial charge is 0.433 e. The van der Waals surface area contributed by atoms with Gasteiger partial charge in [-0.1, -0.05) is 0 Å². The fraction of sp³-hybridized carbons (Fsp3) is 0.286. The van der Waals surface area contributed by atoms with Crippen molar-refractivity contribution in [1.29, 1.82) is 0 Å². The van der Waals surface area contributed by atoms with E-state index in [0.29, 0.717) is 6.07 Å². The standard InChI is InChI=1S/C7H7F3N2O2S/c1-4-5(15(11,13)14)2-3-6(12-4)7(8,9)10/h2-3H,1H3,(H2,11,13,14). The molecule has 2 N–H and O–H groups in total. The van der Waals surface area contributed by atoms with Gasteiger partial charge in [0.25, 0.3) is 0 Å². The van der Waals surface area contributed by atoms with Gasteiger partial charge in [0.15, 0.2) is 0 Å². The van der Waals surface area contributed by atoms with Gasteiger partial charge in [-0.15, -0.1) is 0 Å². The zero-order valence-electron chi connectivity index (χ0n) is 7.54. The van der Waals surface area contributed by atoms with Crippen LogP contribution in [0.15, 0.2) is 17.0 Å². The van der Waals surface area contributed by atoms with E-state index in [2.05, 4.69) is 4.98 Å². The number of halogens is 3. The van der Waals surface area contributed by atoms with Crippen LogP contribution in [0, 0.1) is 6.92 Å². The molecule has 0 amide bonds. The molecule has 0 unspecified atom stereocenters. The Balaban J connectivity index is 3.34. The van der Waals surface area contributed by atoms with Crippen LogP contribution in [-0.2, 0) is 16.2 Å². The quantitative estimate of drug-likeness (QED) is 0.797. The number of nitrogens with zero attached hydrogens (tertiary/aromatic N) is 1. The van der Waals surface area contributed by atoms with Gasteiger partial charge in [-0.25, -0.2) is 18.5 Å². The summed E-state index contributed by atoms with van der Waals surface area (Å²) in [7, 11) is -4.03. The summed E-state index contributed by atoms with van der Waals surface area (Å²) in [6, 6.07) is 1.37. The number of rotatable bonds is 1. The van der Waals surface area contributed by atoms with E-state index >= 15 is 0 Å². The summed E-state index contributed by atoms with van der Waals surface area (Å²) >= 11 is 0. The molecule has 4 nitrogen and oxygen atoms in total. The Labute approximate surface area is 84.0 Å². The minimum atomic E-state index is -4.60. The zero-order chi connectivity index (χ0) is 11.9. The van der Waals surface area contributed by atoms with Gasteiger partial charge < -0.3 is 0 Å². The van der Waals surface area contributed by atoms with Crippen molar-refractivity contribution in [2.24, 2.45) is 5.14 Å². The average molecular weight is 240 g/mol. The van der Waals surface area contributed by atoms with Crippen molar-refractivity contribution in [2.45, 2.75) is 18.0 Å². The van der Waals surface area contributed by atoms with Gasteiger partial charge in [-0.05, 0) is 19.1 Å². The van der Waals surface area contributed by atoms with Crippen LogP contribution in [0.4, 0.5) is 13.2 Å². The SMILES string of the molecule is Cc1nc(C(F)(F)F)ccc1S(N)(=O)=O. The molecule has 1 rings (SSSR count). The predicted molar refractivity (Wildman–Crippen MR) is 45.3 cm³/mol. The van der Waals surface area contributed by atoms with Gasteiger partial charge in [-0.3, -0.25) is 0 Å². The Morgan fingerprint density at radius 2 is 1.87 bits per heavy atom. The van der Waals surface area contributed by atoms with Gasteiger partial charge in [0.2, 0.25) is 10.0 Å². The first-order valence-corrected chi connectivity index (χ1v) is 5.24. The highest BCUT2D eigenvalue weighted by Crippen LogP contribution is 2.28. The Bertz CT molecular complexity index is 481. The molecule has 8 heteroatoms. The third kappa shape index (κ3) is 2.66. The molecule has 1 aromatic rings. The highest BCUT2D eigenvalue weighted by atomic mass is 32.2. The number of sulfonamides is 1. The van der Waals surface area contributed by atoms with Crippen molar-refractivity contribution in [1.82, 2.24) is 4.98 Å². The number of aromatic nitrogens is 1. The van der Waals surface area contributed by atoms with Gasteiger partial charge >= 0.3 is 6.18 Å². The molecule has 0 saturated carbocycles. The van der Waals surface area contributed by atoms with Gasteiger partial charge in [-0.2, -0.15) is 13.2 Å². The molecule has 84 valence electrons. The topological polar surface area (TPSA) is 73.0 Å². The number of primary sulfonamides is 1. The van der Waals surface area contributed by atoms with E-state index in [1.807, 2.05) is 0 Å². The lowest BCUT2D eigenvalue weighted by Gasteiger charge is -2.08. The minimum Gasteiger partial charge on any atom is -0.247 e. The summed E-state index contributed by atoms with van der Waals surface area (Å²) in [5.74, 6) is 0. The molecule has 0 aliphatic rings. The first-order chi connectivity index (χ1) is 6.62. The fourth-order valence-electron chi connectivity index (χ4n) is 1.01. The van der Waals surface area contributed by atoms with Crippen molar-refractivity contribution in [3.05, 3.63) is 23.5 Å². The van der Waals surface area contributed by atoms with Crippen LogP contribution in [0.25, 0.3) is 0 Å². The normalized spacial score (nSPS) is 12.9. The summed E-state index contributed by atoms with van der Waals surface area (Å²) in [6.07, 6.45) is -4.60. The van der Waals surface area contributed by atoms with E-state index in [9.17, 15) is 21.6 Å². The molecule has 0 bridgehead atoms. The summed E-state index contributed by atoms with van der Waals surface area (Å²) in [5.41, 5.74) is -1.42. The van der Waals surface area contributed by atoms with E-state index in [4.69, 9.17) is 5.14 Å². The molecule has 0 spiro atoms. The molecular weight excluding hydrogens is 233 g/mol. The Kier molecular flexibility index (Phi) is 2.75. The van der Waals surface area contributed by atoms with E-state index < -0.39 is 26.8 Å². The Hall–Kier alpha value is -1.15. The van der Waals surface area contributed by atoms with Crippen molar-refractivity contribution in [2.75, 3.05) is 0 Å². The monoisotopic (exact) mass is 240 g/mol. The molecule has 0 radical (unpaired) electrons. The van der Waals surface area contributed by atoms with Crippen molar-refractivity contribution in [3.63, 3.8) is 0 Å². The predicted octanol–water partition coefficient (Wildman–Crippen LogP) is 1.06. The number of hydrogen-bond acceptors (Lipinski definition) is 3. The minimum absolute atomic E-state index is 0.271. The number of nitrogens with two attached hydrogens (primary N) is 1. The molecule has 0 atom stereocenters. The van der Waals surface area contributed by atoms with Crippen molar-refractivity contribution in [3.8, 4) is 0 Å². The number of pyridine rings is 1. The van der Waals surface area contributed by atoms with Gasteiger partial charge in [0.1, 0.15) is 10.6 Å². The van der Waals surface area contributed by atoms with Gasteiger partial charge in [0.05, 0.1) is 5.69 Å². The highest BCUT2D eigenvalue weighted by molar-refractivity contribution is 7.89. The molecule has 0 aliphatic heterocycles. The second kappa shape index (κ2) is 3.46. The maximum absolute atomic E-state index is 12.2. The van der Waals surface area contributed by atoms with Crippen molar-refractivity contribution < 1.29 is 21.6 Å². The fourth-order valence-corrected chi connectivity index (χ4v) is 1.72. The summed E-state index contributed by atoms with van der Waals surface area (Å²) < 4.78 is 58.2. The highest BCUT2D eigenvalue weighted by Gasteiger charge is 2.33. The van der Waals surface area contributed by atoms with Crippen LogP contribution < -0.4 is 5.14 Å². The number of hydrogen-bond donors (Lipinski definition) is 1. The maximum atomic E-state index is 12.2. The molecule has 15 heavy (non-hydrogen) atoms. The van der Waals surface area contributed by atoms with Crippen LogP contribution in [-0.4, -0.2) is 13.4 Å². The number of aryl methyl sites for hydroxylation is 1. The Morgan fingerprint density at radius 3 is 2.20 bits per heavy atom. The van der Waals surface area contributed by atoms with Crippen LogP contribution >= 0.6 is 0 Å². The Morgan fingerprint density at radius 1 is 1.33 bits per heavy atom. The lowest BCUT2D eigenvalue weighted by molar-refractivity contribution is -0.141. The third-order valence-corrected chi connectivity index (χ3v) is 2.68. The molecule has 1 aromatic heterocycles. The molecule has 0 aromatic carbocycles. The van der Waals surface area contributed by atoms with Crippen LogP contribution in [0.3, 0.4) is 0 Å².